The molecular weight excluding hydrogens is 410 g/mol. The van der Waals surface area contributed by atoms with Crippen molar-refractivity contribution in [1.82, 2.24) is 5.32 Å². The number of benzene rings is 2. The molecule has 1 atom stereocenters. The first-order valence-electron chi connectivity index (χ1n) is 9.22. The van der Waals surface area contributed by atoms with Gasteiger partial charge in [0.2, 0.25) is 21.8 Å². The molecule has 2 aromatic rings. The van der Waals surface area contributed by atoms with Gasteiger partial charge in [-0.1, -0.05) is 30.3 Å². The molecule has 7 nitrogen and oxygen atoms in total. The summed E-state index contributed by atoms with van der Waals surface area (Å²) >= 11 is 1.34. The van der Waals surface area contributed by atoms with Crippen LogP contribution in [0, 0.1) is 0 Å². The molecule has 0 saturated carbocycles. The number of fused-ring (bicyclic) bond motifs is 1. The summed E-state index contributed by atoms with van der Waals surface area (Å²) < 4.78 is 22.5. The number of nitrogens with one attached hydrogen (secondary N) is 2. The second-order valence-corrected chi connectivity index (χ2v) is 9.53. The van der Waals surface area contributed by atoms with Crippen LogP contribution < -0.4 is 15.8 Å². The first-order valence-corrected chi connectivity index (χ1v) is 11.8. The largest absolute Gasteiger partial charge is 0.355 e. The van der Waals surface area contributed by atoms with Crippen LogP contribution in [0.1, 0.15) is 17.5 Å². The average Bonchev–Trinajstić information content (AvgIpc) is 2.84. The van der Waals surface area contributed by atoms with Crippen molar-refractivity contribution in [2.24, 2.45) is 5.14 Å². The maximum Gasteiger partial charge on any atom is 0.238 e. The van der Waals surface area contributed by atoms with Crippen LogP contribution in [0.2, 0.25) is 0 Å². The van der Waals surface area contributed by atoms with Crippen molar-refractivity contribution in [3.05, 3.63) is 59.7 Å². The Bertz CT molecular complexity index is 991. The van der Waals surface area contributed by atoms with Crippen LogP contribution in [0.3, 0.4) is 0 Å². The van der Waals surface area contributed by atoms with Crippen molar-refractivity contribution in [2.75, 3.05) is 17.6 Å². The number of anilines is 1. The Morgan fingerprint density at radius 1 is 1.17 bits per heavy atom. The predicted octanol–water partition coefficient (Wildman–Crippen LogP) is 1.68. The summed E-state index contributed by atoms with van der Waals surface area (Å²) in [6.07, 6.45) is 2.06. The molecule has 0 bridgehead atoms. The van der Waals surface area contributed by atoms with Gasteiger partial charge in [-0.05, 0) is 48.6 Å². The van der Waals surface area contributed by atoms with E-state index in [9.17, 15) is 18.0 Å². The third kappa shape index (κ3) is 6.06. The molecule has 1 aliphatic rings. The van der Waals surface area contributed by atoms with Gasteiger partial charge >= 0.3 is 0 Å². The number of sulfonamides is 1. The molecule has 4 N–H and O–H groups in total. The van der Waals surface area contributed by atoms with Crippen molar-refractivity contribution in [1.29, 1.82) is 0 Å². The summed E-state index contributed by atoms with van der Waals surface area (Å²) in [7, 11) is -3.70. The third-order valence-corrected chi connectivity index (χ3v) is 6.86. The fourth-order valence-corrected chi connectivity index (χ4v) is 4.53. The highest BCUT2D eigenvalue weighted by molar-refractivity contribution is 8.01. The molecule has 3 rings (SSSR count). The van der Waals surface area contributed by atoms with E-state index in [2.05, 4.69) is 10.6 Å². The van der Waals surface area contributed by atoms with E-state index in [1.807, 2.05) is 24.3 Å². The van der Waals surface area contributed by atoms with Crippen molar-refractivity contribution >= 4 is 39.3 Å². The lowest BCUT2D eigenvalue weighted by atomic mass is 10.1. The van der Waals surface area contributed by atoms with Crippen LogP contribution >= 0.6 is 11.8 Å². The number of amides is 2. The van der Waals surface area contributed by atoms with Crippen molar-refractivity contribution in [3.63, 3.8) is 0 Å². The van der Waals surface area contributed by atoms with Gasteiger partial charge < -0.3 is 10.6 Å². The van der Waals surface area contributed by atoms with Crippen molar-refractivity contribution in [2.45, 2.75) is 29.4 Å². The summed E-state index contributed by atoms with van der Waals surface area (Å²) in [6, 6.07) is 14.0. The van der Waals surface area contributed by atoms with E-state index in [-0.39, 0.29) is 27.7 Å². The van der Waals surface area contributed by atoms with Gasteiger partial charge in [0.15, 0.2) is 0 Å². The SMILES string of the molecule is NS(=O)(=O)c1ccc(CCNC(=O)CS[C@H]2CCc3ccccc3NC2=O)cc1. The number of nitrogens with two attached hydrogens (primary N) is 1. The standard InChI is InChI=1S/C20H23N3O4S2/c21-29(26,27)16-8-5-14(6-9-16)11-12-22-19(24)13-28-18-10-7-15-3-1-2-4-17(15)23-20(18)25/h1-6,8-9,18H,7,10-13H2,(H,22,24)(H,23,25)(H2,21,26,27)/t18-/m0/s1. The summed E-state index contributed by atoms with van der Waals surface area (Å²) in [5.74, 6) is 0.00659. The summed E-state index contributed by atoms with van der Waals surface area (Å²) in [4.78, 5) is 24.5. The van der Waals surface area contributed by atoms with Crippen molar-refractivity contribution < 1.29 is 18.0 Å². The summed E-state index contributed by atoms with van der Waals surface area (Å²) in [5, 5.41) is 10.6. The molecule has 0 saturated heterocycles. The van der Waals surface area contributed by atoms with Crippen molar-refractivity contribution in [3.8, 4) is 0 Å². The van der Waals surface area contributed by atoms with Gasteiger partial charge in [0.1, 0.15) is 0 Å². The van der Waals surface area contributed by atoms with Gasteiger partial charge in [0.25, 0.3) is 0 Å². The number of carbonyl (C=O) groups is 2. The average molecular weight is 434 g/mol. The quantitative estimate of drug-likeness (QED) is 0.614. The topological polar surface area (TPSA) is 118 Å². The highest BCUT2D eigenvalue weighted by Crippen LogP contribution is 2.26. The zero-order valence-corrected chi connectivity index (χ0v) is 17.4. The molecule has 0 aliphatic carbocycles. The van der Waals surface area contributed by atoms with E-state index < -0.39 is 10.0 Å². The Morgan fingerprint density at radius 2 is 1.90 bits per heavy atom. The number of para-hydroxylation sites is 1. The monoisotopic (exact) mass is 433 g/mol. The Kier molecular flexibility index (Phi) is 6.94. The normalized spacial score (nSPS) is 16.4. The molecule has 0 fully saturated rings. The Labute approximate surface area is 174 Å². The lowest BCUT2D eigenvalue weighted by Gasteiger charge is -2.13. The Morgan fingerprint density at radius 3 is 2.62 bits per heavy atom. The first kappa shape index (κ1) is 21.4. The van der Waals surface area contributed by atoms with E-state index in [1.54, 1.807) is 12.1 Å². The number of primary sulfonamides is 1. The Balaban J connectivity index is 1.42. The first-order chi connectivity index (χ1) is 13.8. The van der Waals surface area contributed by atoms with Gasteiger partial charge in [0, 0.05) is 12.2 Å². The highest BCUT2D eigenvalue weighted by atomic mass is 32.2. The molecule has 1 aliphatic heterocycles. The lowest BCUT2D eigenvalue weighted by Crippen LogP contribution is -2.30. The molecule has 0 unspecified atom stereocenters. The van der Waals surface area contributed by atoms with E-state index in [4.69, 9.17) is 5.14 Å². The van der Waals surface area contributed by atoms with E-state index in [0.717, 1.165) is 23.2 Å². The zero-order chi connectivity index (χ0) is 20.9. The van der Waals surface area contributed by atoms with Gasteiger partial charge in [-0.25, -0.2) is 13.6 Å². The van der Waals surface area contributed by atoms with Crippen LogP contribution in [0.5, 0.6) is 0 Å². The minimum Gasteiger partial charge on any atom is -0.355 e. The molecule has 9 heteroatoms. The van der Waals surface area contributed by atoms with E-state index in [0.29, 0.717) is 19.4 Å². The molecule has 1 heterocycles. The number of rotatable bonds is 7. The van der Waals surface area contributed by atoms with Gasteiger partial charge in [-0.2, -0.15) is 0 Å². The molecular formula is C20H23N3O4S2. The van der Waals surface area contributed by atoms with Crippen LogP contribution in [-0.4, -0.2) is 37.8 Å². The molecule has 29 heavy (non-hydrogen) atoms. The van der Waals surface area contributed by atoms with Crippen LogP contribution in [0.15, 0.2) is 53.4 Å². The minimum atomic E-state index is -3.70. The zero-order valence-electron chi connectivity index (χ0n) is 15.8. The summed E-state index contributed by atoms with van der Waals surface area (Å²) in [6.45, 7) is 0.427. The number of carbonyl (C=O) groups excluding carboxylic acids is 2. The second-order valence-electron chi connectivity index (χ2n) is 6.77. The molecule has 0 aromatic heterocycles. The Hall–Kier alpha value is -2.36. The van der Waals surface area contributed by atoms with E-state index >= 15 is 0 Å². The lowest BCUT2D eigenvalue weighted by molar-refractivity contribution is -0.118. The number of hydrogen-bond acceptors (Lipinski definition) is 5. The predicted molar refractivity (Wildman–Crippen MR) is 114 cm³/mol. The molecule has 0 spiro atoms. The maximum absolute atomic E-state index is 12.4. The van der Waals surface area contributed by atoms with Crippen LogP contribution in [0.4, 0.5) is 5.69 Å². The fraction of sp³-hybridized carbons (Fsp3) is 0.300. The van der Waals surface area contributed by atoms with Gasteiger partial charge in [-0.3, -0.25) is 9.59 Å². The molecule has 2 aromatic carbocycles. The second kappa shape index (κ2) is 9.43. The smallest absolute Gasteiger partial charge is 0.238 e. The van der Waals surface area contributed by atoms with Crippen LogP contribution in [-0.2, 0) is 32.5 Å². The fourth-order valence-electron chi connectivity index (χ4n) is 3.07. The highest BCUT2D eigenvalue weighted by Gasteiger charge is 2.24. The molecule has 154 valence electrons. The summed E-state index contributed by atoms with van der Waals surface area (Å²) in [5.41, 5.74) is 2.85. The van der Waals surface area contributed by atoms with Gasteiger partial charge in [-0.15, -0.1) is 11.8 Å². The molecule has 2 amide bonds. The maximum atomic E-state index is 12.4. The van der Waals surface area contributed by atoms with E-state index in [1.165, 1.54) is 23.9 Å². The number of aryl methyl sites for hydroxylation is 1. The number of thioether (sulfide) groups is 1. The van der Waals surface area contributed by atoms with Gasteiger partial charge in [0.05, 0.1) is 15.9 Å². The third-order valence-electron chi connectivity index (χ3n) is 4.65. The number of hydrogen-bond donors (Lipinski definition) is 3. The molecule has 0 radical (unpaired) electrons. The van der Waals surface area contributed by atoms with Crippen LogP contribution in [0.25, 0.3) is 0 Å². The minimum absolute atomic E-state index is 0.0607.